The second-order valence-electron chi connectivity index (χ2n) is 4.64. The van der Waals surface area contributed by atoms with Gasteiger partial charge in [-0.1, -0.05) is 25.8 Å². The van der Waals surface area contributed by atoms with Gasteiger partial charge in [0.1, 0.15) is 0 Å². The molecule has 0 radical (unpaired) electrons. The Morgan fingerprint density at radius 2 is 2.19 bits per heavy atom. The Morgan fingerprint density at radius 3 is 2.94 bits per heavy atom. The van der Waals surface area contributed by atoms with Crippen LogP contribution in [-0.2, 0) is 0 Å². The highest BCUT2D eigenvalue weighted by Gasteiger charge is 2.08. The van der Waals surface area contributed by atoms with Crippen molar-refractivity contribution in [2.24, 2.45) is 0 Å². The molecule has 0 N–H and O–H groups in total. The summed E-state index contributed by atoms with van der Waals surface area (Å²) in [4.78, 5) is 4.47. The lowest BCUT2D eigenvalue weighted by molar-refractivity contribution is 0.496. The standard InChI is InChI=1S/C14H20N2/c1-4-5-6-12(3)16-10-15-13-9-11(2)7-8-14(13)16/h7-10,12H,4-6H2,1-3H3. The van der Waals surface area contributed by atoms with Crippen molar-refractivity contribution in [3.63, 3.8) is 0 Å². The summed E-state index contributed by atoms with van der Waals surface area (Å²) in [7, 11) is 0. The van der Waals surface area contributed by atoms with Gasteiger partial charge < -0.3 is 4.57 Å². The summed E-state index contributed by atoms with van der Waals surface area (Å²) < 4.78 is 2.30. The maximum atomic E-state index is 4.47. The SMILES string of the molecule is CCCCC(C)n1cnc2cc(C)ccc21. The number of benzene rings is 1. The van der Waals surface area contributed by atoms with Gasteiger partial charge in [0, 0.05) is 6.04 Å². The summed E-state index contributed by atoms with van der Waals surface area (Å²) in [5, 5.41) is 0. The number of aryl methyl sites for hydroxylation is 1. The first-order valence-corrected chi connectivity index (χ1v) is 6.15. The Balaban J connectivity index is 2.31. The molecule has 1 atom stereocenters. The van der Waals surface area contributed by atoms with Crippen LogP contribution in [0.1, 0.15) is 44.7 Å². The molecule has 0 saturated carbocycles. The maximum Gasteiger partial charge on any atom is 0.0960 e. The van der Waals surface area contributed by atoms with Crippen molar-refractivity contribution >= 4 is 11.0 Å². The van der Waals surface area contributed by atoms with E-state index in [2.05, 4.69) is 48.5 Å². The number of fused-ring (bicyclic) bond motifs is 1. The summed E-state index contributed by atoms with van der Waals surface area (Å²) in [6.45, 7) is 6.62. The van der Waals surface area contributed by atoms with Crippen molar-refractivity contribution in [1.82, 2.24) is 9.55 Å². The highest BCUT2D eigenvalue weighted by molar-refractivity contribution is 5.76. The number of hydrogen-bond acceptors (Lipinski definition) is 1. The van der Waals surface area contributed by atoms with Gasteiger partial charge in [-0.2, -0.15) is 0 Å². The molecule has 0 aliphatic rings. The third-order valence-corrected chi connectivity index (χ3v) is 3.18. The molecule has 2 rings (SSSR count). The summed E-state index contributed by atoms with van der Waals surface area (Å²) in [5.74, 6) is 0. The van der Waals surface area contributed by atoms with Crippen LogP contribution in [0.15, 0.2) is 24.5 Å². The molecule has 2 heteroatoms. The smallest absolute Gasteiger partial charge is 0.0960 e. The predicted octanol–water partition coefficient (Wildman–Crippen LogP) is 4.10. The molecular weight excluding hydrogens is 196 g/mol. The van der Waals surface area contributed by atoms with Crippen LogP contribution in [0.5, 0.6) is 0 Å². The van der Waals surface area contributed by atoms with Crippen molar-refractivity contribution in [3.8, 4) is 0 Å². The van der Waals surface area contributed by atoms with Gasteiger partial charge in [-0.3, -0.25) is 0 Å². The average Bonchev–Trinajstić information content (AvgIpc) is 2.68. The molecule has 2 aromatic rings. The molecule has 0 saturated heterocycles. The normalized spacial score (nSPS) is 13.2. The van der Waals surface area contributed by atoms with Gasteiger partial charge in [0.05, 0.1) is 17.4 Å². The van der Waals surface area contributed by atoms with Crippen LogP contribution in [0.3, 0.4) is 0 Å². The van der Waals surface area contributed by atoms with Gasteiger partial charge >= 0.3 is 0 Å². The number of unbranched alkanes of at least 4 members (excludes halogenated alkanes) is 1. The van der Waals surface area contributed by atoms with E-state index in [0.29, 0.717) is 6.04 Å². The molecule has 0 bridgehead atoms. The minimum atomic E-state index is 0.549. The zero-order valence-electron chi connectivity index (χ0n) is 10.4. The molecule has 1 heterocycles. The quantitative estimate of drug-likeness (QED) is 0.752. The average molecular weight is 216 g/mol. The zero-order chi connectivity index (χ0) is 11.5. The summed E-state index contributed by atoms with van der Waals surface area (Å²) in [6, 6.07) is 7.04. The van der Waals surface area contributed by atoms with E-state index >= 15 is 0 Å². The third-order valence-electron chi connectivity index (χ3n) is 3.18. The van der Waals surface area contributed by atoms with E-state index in [1.54, 1.807) is 0 Å². The first-order chi connectivity index (χ1) is 7.72. The zero-order valence-corrected chi connectivity index (χ0v) is 10.4. The van der Waals surface area contributed by atoms with Gasteiger partial charge in [0.25, 0.3) is 0 Å². The molecule has 1 unspecified atom stereocenters. The largest absolute Gasteiger partial charge is 0.328 e. The van der Waals surface area contributed by atoms with Gasteiger partial charge in [-0.05, 0) is 38.0 Å². The summed E-state index contributed by atoms with van der Waals surface area (Å²) >= 11 is 0. The van der Waals surface area contributed by atoms with Crippen molar-refractivity contribution in [3.05, 3.63) is 30.1 Å². The molecule has 0 amide bonds. The predicted molar refractivity (Wildman–Crippen MR) is 68.7 cm³/mol. The van der Waals surface area contributed by atoms with E-state index in [9.17, 15) is 0 Å². The lowest BCUT2D eigenvalue weighted by atomic mass is 10.1. The fourth-order valence-corrected chi connectivity index (χ4v) is 2.13. The van der Waals surface area contributed by atoms with E-state index in [1.165, 1.54) is 30.3 Å². The molecular formula is C14H20N2. The molecule has 86 valence electrons. The Morgan fingerprint density at radius 1 is 1.38 bits per heavy atom. The molecule has 2 nitrogen and oxygen atoms in total. The van der Waals surface area contributed by atoms with E-state index in [1.807, 2.05) is 6.33 Å². The lowest BCUT2D eigenvalue weighted by Gasteiger charge is -2.13. The molecule has 1 aromatic carbocycles. The van der Waals surface area contributed by atoms with Crippen LogP contribution < -0.4 is 0 Å². The second-order valence-corrected chi connectivity index (χ2v) is 4.64. The van der Waals surface area contributed by atoms with Gasteiger partial charge in [-0.25, -0.2) is 4.98 Å². The van der Waals surface area contributed by atoms with E-state index in [0.717, 1.165) is 5.52 Å². The Labute approximate surface area is 97.3 Å². The highest BCUT2D eigenvalue weighted by atomic mass is 15.1. The van der Waals surface area contributed by atoms with Gasteiger partial charge in [0.15, 0.2) is 0 Å². The first-order valence-electron chi connectivity index (χ1n) is 6.15. The Kier molecular flexibility index (Phi) is 3.28. The summed E-state index contributed by atoms with van der Waals surface area (Å²) in [5.41, 5.74) is 3.65. The van der Waals surface area contributed by atoms with Crippen LogP contribution in [0, 0.1) is 6.92 Å². The molecule has 1 aromatic heterocycles. The molecule has 0 spiro atoms. The monoisotopic (exact) mass is 216 g/mol. The molecule has 16 heavy (non-hydrogen) atoms. The number of hydrogen-bond donors (Lipinski definition) is 0. The Hall–Kier alpha value is -1.31. The minimum absolute atomic E-state index is 0.549. The van der Waals surface area contributed by atoms with Gasteiger partial charge in [-0.15, -0.1) is 0 Å². The lowest BCUT2D eigenvalue weighted by Crippen LogP contribution is -2.03. The van der Waals surface area contributed by atoms with Crippen molar-refractivity contribution in [2.45, 2.75) is 46.1 Å². The fourth-order valence-electron chi connectivity index (χ4n) is 2.13. The number of nitrogens with zero attached hydrogens (tertiary/aromatic N) is 2. The minimum Gasteiger partial charge on any atom is -0.328 e. The third kappa shape index (κ3) is 2.11. The van der Waals surface area contributed by atoms with Crippen molar-refractivity contribution in [1.29, 1.82) is 0 Å². The molecule has 0 aliphatic carbocycles. The molecule has 0 fully saturated rings. The number of rotatable bonds is 4. The van der Waals surface area contributed by atoms with Crippen molar-refractivity contribution < 1.29 is 0 Å². The number of aromatic nitrogens is 2. The van der Waals surface area contributed by atoms with E-state index in [-0.39, 0.29) is 0 Å². The first kappa shape index (κ1) is 11.2. The van der Waals surface area contributed by atoms with E-state index < -0.39 is 0 Å². The van der Waals surface area contributed by atoms with Crippen molar-refractivity contribution in [2.75, 3.05) is 0 Å². The fraction of sp³-hybridized carbons (Fsp3) is 0.500. The highest BCUT2D eigenvalue weighted by Crippen LogP contribution is 2.21. The topological polar surface area (TPSA) is 17.8 Å². The van der Waals surface area contributed by atoms with Crippen LogP contribution in [-0.4, -0.2) is 9.55 Å². The second kappa shape index (κ2) is 4.69. The van der Waals surface area contributed by atoms with Crippen LogP contribution in [0.4, 0.5) is 0 Å². The van der Waals surface area contributed by atoms with Crippen LogP contribution >= 0.6 is 0 Å². The molecule has 0 aliphatic heterocycles. The van der Waals surface area contributed by atoms with E-state index in [4.69, 9.17) is 0 Å². The van der Waals surface area contributed by atoms with Crippen LogP contribution in [0.25, 0.3) is 11.0 Å². The van der Waals surface area contributed by atoms with Gasteiger partial charge in [0.2, 0.25) is 0 Å². The summed E-state index contributed by atoms with van der Waals surface area (Å²) in [6.07, 6.45) is 5.75. The maximum absolute atomic E-state index is 4.47. The number of imidazole rings is 1. The van der Waals surface area contributed by atoms with Crippen LogP contribution in [0.2, 0.25) is 0 Å². The Bertz CT molecular complexity index is 471.